The smallest absolute Gasteiger partial charge is 0.251 e. The zero-order valence-electron chi connectivity index (χ0n) is 10.7. The molecule has 0 bridgehead atoms. The predicted octanol–water partition coefficient (Wildman–Crippen LogP) is 2.68. The van der Waals surface area contributed by atoms with Gasteiger partial charge in [-0.05, 0) is 18.4 Å². The van der Waals surface area contributed by atoms with E-state index >= 15 is 0 Å². The van der Waals surface area contributed by atoms with Crippen molar-refractivity contribution in [3.8, 4) is 0 Å². The molecule has 0 spiro atoms. The van der Waals surface area contributed by atoms with Crippen LogP contribution in [0.15, 0.2) is 24.4 Å². The fourth-order valence-electron chi connectivity index (χ4n) is 1.81. The monoisotopic (exact) mass is 235 g/mol. The van der Waals surface area contributed by atoms with Crippen LogP contribution in [-0.2, 0) is 9.59 Å². The zero-order valence-corrected chi connectivity index (χ0v) is 10.7. The molecule has 94 valence electrons. The van der Waals surface area contributed by atoms with Crippen LogP contribution in [0.1, 0.15) is 39.5 Å². The van der Waals surface area contributed by atoms with Crippen molar-refractivity contribution in [2.24, 2.45) is 5.92 Å². The average Bonchev–Trinajstić information content (AvgIpc) is 2.55. The highest BCUT2D eigenvalue weighted by atomic mass is 16.2. The molecule has 0 fully saturated rings. The highest BCUT2D eigenvalue weighted by Gasteiger charge is 2.18. The van der Waals surface area contributed by atoms with Gasteiger partial charge in [-0.15, -0.1) is 0 Å². The van der Waals surface area contributed by atoms with E-state index in [1.807, 2.05) is 0 Å². The van der Waals surface area contributed by atoms with Crippen LogP contribution in [0.4, 0.5) is 0 Å². The van der Waals surface area contributed by atoms with E-state index < -0.39 is 0 Å². The fourth-order valence-corrected chi connectivity index (χ4v) is 1.81. The second-order valence-corrected chi connectivity index (χ2v) is 4.89. The Hall–Kier alpha value is -1.38. The lowest BCUT2D eigenvalue weighted by Gasteiger charge is -2.16. The second-order valence-electron chi connectivity index (χ2n) is 4.89. The third-order valence-electron chi connectivity index (χ3n) is 2.88. The first-order valence-electron chi connectivity index (χ1n) is 6.21. The van der Waals surface area contributed by atoms with Gasteiger partial charge in [0.15, 0.2) is 0 Å². The first kappa shape index (κ1) is 13.7. The minimum atomic E-state index is -0.0648. The molecule has 0 unspecified atom stereocenters. The number of Topliss-reactive ketones (excluding diaryl/α,β-unsaturated/α-hetero) is 1. The minimum absolute atomic E-state index is 0.0648. The average molecular weight is 235 g/mol. The van der Waals surface area contributed by atoms with Gasteiger partial charge < -0.3 is 4.90 Å². The summed E-state index contributed by atoms with van der Waals surface area (Å²) in [6.45, 7) is 8.53. The van der Waals surface area contributed by atoms with Crippen molar-refractivity contribution < 1.29 is 9.59 Å². The number of ketones is 1. The van der Waals surface area contributed by atoms with Crippen LogP contribution in [-0.4, -0.2) is 23.1 Å². The van der Waals surface area contributed by atoms with Crippen molar-refractivity contribution in [3.05, 3.63) is 24.4 Å². The molecule has 1 aliphatic heterocycles. The van der Waals surface area contributed by atoms with Crippen LogP contribution in [0.25, 0.3) is 0 Å². The lowest BCUT2D eigenvalue weighted by molar-refractivity contribution is -0.124. The van der Waals surface area contributed by atoms with Gasteiger partial charge in [-0.25, -0.2) is 0 Å². The van der Waals surface area contributed by atoms with E-state index in [9.17, 15) is 9.59 Å². The van der Waals surface area contributed by atoms with E-state index in [1.165, 1.54) is 6.08 Å². The minimum Gasteiger partial charge on any atom is -0.309 e. The summed E-state index contributed by atoms with van der Waals surface area (Å²) in [6, 6.07) is 0. The van der Waals surface area contributed by atoms with E-state index in [0.717, 1.165) is 12.8 Å². The lowest BCUT2D eigenvalue weighted by atomic mass is 10.0. The Bertz CT molecular complexity index is 324. The van der Waals surface area contributed by atoms with Gasteiger partial charge in [0.05, 0.1) is 0 Å². The number of carbonyl (C=O) groups excluding carboxylic acids is 2. The number of amides is 1. The largest absolute Gasteiger partial charge is 0.309 e. The van der Waals surface area contributed by atoms with Crippen molar-refractivity contribution in [1.29, 1.82) is 0 Å². The summed E-state index contributed by atoms with van der Waals surface area (Å²) in [5.41, 5.74) is 0.685. The number of carbonyl (C=O) groups is 2. The Morgan fingerprint density at radius 1 is 1.35 bits per heavy atom. The molecule has 1 heterocycles. The molecule has 1 amide bonds. The molecule has 1 aliphatic rings. The third kappa shape index (κ3) is 4.55. The standard InChI is InChI=1S/C14H21NO2/c1-11(2)5-4-6-13(16)9-10-15-12(3)7-8-14(15)17/h7-8,11H,3-6,9-10H2,1-2H3. The van der Waals surface area contributed by atoms with Crippen molar-refractivity contribution in [2.75, 3.05) is 6.54 Å². The van der Waals surface area contributed by atoms with Gasteiger partial charge in [-0.3, -0.25) is 9.59 Å². The summed E-state index contributed by atoms with van der Waals surface area (Å²) in [5, 5.41) is 0. The zero-order chi connectivity index (χ0) is 12.8. The molecule has 0 aromatic rings. The van der Waals surface area contributed by atoms with Crippen LogP contribution in [0.2, 0.25) is 0 Å². The summed E-state index contributed by atoms with van der Waals surface area (Å²) in [6.07, 6.45) is 6.27. The van der Waals surface area contributed by atoms with Crippen LogP contribution >= 0.6 is 0 Å². The number of rotatable bonds is 7. The van der Waals surface area contributed by atoms with Gasteiger partial charge >= 0.3 is 0 Å². The molecule has 0 aromatic carbocycles. The van der Waals surface area contributed by atoms with Crippen molar-refractivity contribution in [1.82, 2.24) is 4.90 Å². The van der Waals surface area contributed by atoms with Crippen LogP contribution in [0, 0.1) is 5.92 Å². The molecule has 3 nitrogen and oxygen atoms in total. The van der Waals surface area contributed by atoms with Gasteiger partial charge in [-0.2, -0.15) is 0 Å². The number of allylic oxidation sites excluding steroid dienone is 1. The van der Waals surface area contributed by atoms with Gasteiger partial charge in [0.25, 0.3) is 5.91 Å². The van der Waals surface area contributed by atoms with Gasteiger partial charge in [0.2, 0.25) is 0 Å². The van der Waals surface area contributed by atoms with Crippen LogP contribution < -0.4 is 0 Å². The molecule has 0 aromatic heterocycles. The van der Waals surface area contributed by atoms with Crippen molar-refractivity contribution >= 4 is 11.7 Å². The molecular weight excluding hydrogens is 214 g/mol. The fraction of sp³-hybridized carbons (Fsp3) is 0.571. The predicted molar refractivity (Wildman–Crippen MR) is 68.3 cm³/mol. The Labute approximate surface area is 103 Å². The Kier molecular flexibility index (Phi) is 5.13. The molecule has 0 aliphatic carbocycles. The molecule has 17 heavy (non-hydrogen) atoms. The highest BCUT2D eigenvalue weighted by Crippen LogP contribution is 2.14. The molecule has 0 saturated carbocycles. The molecule has 0 saturated heterocycles. The number of nitrogens with zero attached hydrogens (tertiary/aromatic N) is 1. The first-order chi connectivity index (χ1) is 8.00. The van der Waals surface area contributed by atoms with E-state index in [0.29, 0.717) is 31.0 Å². The summed E-state index contributed by atoms with van der Waals surface area (Å²) in [4.78, 5) is 24.5. The maximum absolute atomic E-state index is 11.6. The van der Waals surface area contributed by atoms with Crippen molar-refractivity contribution in [3.63, 3.8) is 0 Å². The first-order valence-corrected chi connectivity index (χ1v) is 6.21. The maximum Gasteiger partial charge on any atom is 0.251 e. The number of hydrogen-bond acceptors (Lipinski definition) is 2. The topological polar surface area (TPSA) is 37.4 Å². The van der Waals surface area contributed by atoms with Gasteiger partial charge in [-0.1, -0.05) is 26.8 Å². The second kappa shape index (κ2) is 6.38. The van der Waals surface area contributed by atoms with E-state index in [4.69, 9.17) is 0 Å². The lowest BCUT2D eigenvalue weighted by Crippen LogP contribution is -2.26. The summed E-state index contributed by atoms with van der Waals surface area (Å²) >= 11 is 0. The molecule has 0 atom stereocenters. The molecular formula is C14H21NO2. The molecule has 1 rings (SSSR count). The quantitative estimate of drug-likeness (QED) is 0.680. The van der Waals surface area contributed by atoms with Gasteiger partial charge in [0.1, 0.15) is 5.78 Å². The van der Waals surface area contributed by atoms with Crippen molar-refractivity contribution in [2.45, 2.75) is 39.5 Å². The number of hydrogen-bond donors (Lipinski definition) is 0. The SMILES string of the molecule is C=C1C=CC(=O)N1CCC(=O)CCCC(C)C. The normalized spacial score (nSPS) is 15.1. The van der Waals surface area contributed by atoms with Gasteiger partial charge in [0, 0.05) is 31.2 Å². The maximum atomic E-state index is 11.6. The molecule has 3 heteroatoms. The van der Waals surface area contributed by atoms with Crippen LogP contribution in [0.5, 0.6) is 0 Å². The molecule has 0 N–H and O–H groups in total. The third-order valence-corrected chi connectivity index (χ3v) is 2.88. The van der Waals surface area contributed by atoms with E-state index in [2.05, 4.69) is 20.4 Å². The van der Waals surface area contributed by atoms with Crippen LogP contribution in [0.3, 0.4) is 0 Å². The summed E-state index contributed by atoms with van der Waals surface area (Å²) in [5.74, 6) is 0.815. The summed E-state index contributed by atoms with van der Waals surface area (Å²) < 4.78 is 0. The summed E-state index contributed by atoms with van der Waals surface area (Å²) in [7, 11) is 0. The highest BCUT2D eigenvalue weighted by molar-refractivity contribution is 5.93. The Balaban J connectivity index is 2.20. The van der Waals surface area contributed by atoms with E-state index in [-0.39, 0.29) is 11.7 Å². The van der Waals surface area contributed by atoms with E-state index in [1.54, 1.807) is 11.0 Å². The molecule has 0 radical (unpaired) electrons. The Morgan fingerprint density at radius 2 is 2.06 bits per heavy atom. The Morgan fingerprint density at radius 3 is 2.59 bits per heavy atom.